The zero-order valence-electron chi connectivity index (χ0n) is 11.9. The predicted octanol–water partition coefficient (Wildman–Crippen LogP) is 3.71. The van der Waals surface area contributed by atoms with Crippen LogP contribution in [0.3, 0.4) is 0 Å². The molecule has 1 aliphatic heterocycles. The van der Waals surface area contributed by atoms with Crippen LogP contribution in [-0.4, -0.2) is 19.2 Å². The van der Waals surface area contributed by atoms with E-state index in [1.807, 2.05) is 19.2 Å². The smallest absolute Gasteiger partial charge is 0.123 e. The highest BCUT2D eigenvalue weighted by atomic mass is 16.5. The number of likely N-dealkylation sites (N-methyl/N-ethyl adjacent to an activating group) is 1. The van der Waals surface area contributed by atoms with Crippen LogP contribution in [0.15, 0.2) is 36.9 Å². The molecule has 0 aromatic heterocycles. The molecule has 0 bridgehead atoms. The van der Waals surface area contributed by atoms with Crippen molar-refractivity contribution in [2.75, 3.05) is 7.05 Å². The first-order valence-corrected chi connectivity index (χ1v) is 7.38. The Bertz CT molecular complexity index is 377. The summed E-state index contributed by atoms with van der Waals surface area (Å²) in [7, 11) is 2.04. The predicted molar refractivity (Wildman–Crippen MR) is 80.7 cm³/mol. The van der Waals surface area contributed by atoms with Gasteiger partial charge in [0.05, 0.1) is 0 Å². The second-order valence-electron chi connectivity index (χ2n) is 5.29. The van der Waals surface area contributed by atoms with Crippen molar-refractivity contribution >= 4 is 0 Å². The number of para-hydroxylation sites is 1. The third-order valence-electron chi connectivity index (χ3n) is 3.92. The average Bonchev–Trinajstić information content (AvgIpc) is 2.86. The highest BCUT2D eigenvalue weighted by Crippen LogP contribution is 2.30. The molecule has 0 saturated heterocycles. The van der Waals surface area contributed by atoms with Gasteiger partial charge in [0.2, 0.25) is 0 Å². The molecule has 2 unspecified atom stereocenters. The second-order valence-corrected chi connectivity index (χ2v) is 5.29. The van der Waals surface area contributed by atoms with E-state index in [0.29, 0.717) is 12.1 Å². The maximum Gasteiger partial charge on any atom is 0.123 e. The molecule has 0 amide bonds. The van der Waals surface area contributed by atoms with Gasteiger partial charge in [0.25, 0.3) is 0 Å². The molecule has 2 rings (SSSR count). The molecule has 1 N–H and O–H groups in total. The Balaban J connectivity index is 1.78. The number of hydrogen-bond donors (Lipinski definition) is 1. The third kappa shape index (κ3) is 3.84. The molecule has 1 aliphatic rings. The van der Waals surface area contributed by atoms with Crippen molar-refractivity contribution in [3.05, 3.63) is 42.5 Å². The molecule has 1 aromatic rings. The summed E-state index contributed by atoms with van der Waals surface area (Å²) in [6.45, 7) is 3.76. The third-order valence-corrected chi connectivity index (χ3v) is 3.92. The molecule has 0 saturated carbocycles. The van der Waals surface area contributed by atoms with Gasteiger partial charge in [0, 0.05) is 12.5 Å². The van der Waals surface area contributed by atoms with Gasteiger partial charge in [0.1, 0.15) is 11.9 Å². The van der Waals surface area contributed by atoms with E-state index < -0.39 is 0 Å². The summed E-state index contributed by atoms with van der Waals surface area (Å²) in [5, 5.41) is 3.42. The summed E-state index contributed by atoms with van der Waals surface area (Å²) in [6, 6.07) is 8.84. The van der Waals surface area contributed by atoms with Crippen molar-refractivity contribution in [3.8, 4) is 5.75 Å². The van der Waals surface area contributed by atoms with Crippen molar-refractivity contribution in [3.63, 3.8) is 0 Å². The van der Waals surface area contributed by atoms with E-state index in [4.69, 9.17) is 4.74 Å². The van der Waals surface area contributed by atoms with E-state index >= 15 is 0 Å². The van der Waals surface area contributed by atoms with Crippen molar-refractivity contribution in [2.45, 2.75) is 50.7 Å². The van der Waals surface area contributed by atoms with Crippen LogP contribution in [0.2, 0.25) is 0 Å². The highest BCUT2D eigenvalue weighted by Gasteiger charge is 2.28. The van der Waals surface area contributed by atoms with Gasteiger partial charge in [-0.25, -0.2) is 0 Å². The lowest BCUT2D eigenvalue weighted by molar-refractivity contribution is 0.175. The zero-order valence-corrected chi connectivity index (χ0v) is 11.9. The molecule has 104 valence electrons. The van der Waals surface area contributed by atoms with Crippen molar-refractivity contribution in [1.82, 2.24) is 5.32 Å². The van der Waals surface area contributed by atoms with E-state index in [2.05, 4.69) is 30.1 Å². The minimum Gasteiger partial charge on any atom is -0.488 e. The maximum atomic E-state index is 6.06. The largest absolute Gasteiger partial charge is 0.488 e. The molecule has 1 heterocycles. The van der Waals surface area contributed by atoms with Gasteiger partial charge < -0.3 is 10.1 Å². The molecular weight excluding hydrogens is 234 g/mol. The summed E-state index contributed by atoms with van der Waals surface area (Å²) in [4.78, 5) is 0. The summed E-state index contributed by atoms with van der Waals surface area (Å²) in [6.07, 6.45) is 9.45. The lowest BCUT2D eigenvalue weighted by Gasteiger charge is -2.22. The van der Waals surface area contributed by atoms with Gasteiger partial charge in [0.15, 0.2) is 0 Å². The zero-order chi connectivity index (χ0) is 13.5. The number of hydrogen-bond acceptors (Lipinski definition) is 2. The molecule has 2 atom stereocenters. The number of rotatable bonds is 8. The summed E-state index contributed by atoms with van der Waals surface area (Å²) in [5.74, 6) is 1.07. The lowest BCUT2D eigenvalue weighted by atomic mass is 9.99. The van der Waals surface area contributed by atoms with Gasteiger partial charge in [-0.2, -0.15) is 0 Å². The quantitative estimate of drug-likeness (QED) is 0.567. The van der Waals surface area contributed by atoms with Crippen LogP contribution in [0.4, 0.5) is 0 Å². The van der Waals surface area contributed by atoms with Gasteiger partial charge in [-0.15, -0.1) is 6.58 Å². The Morgan fingerprint density at radius 1 is 1.37 bits per heavy atom. The normalized spacial score (nSPS) is 18.7. The molecule has 0 aliphatic carbocycles. The van der Waals surface area contributed by atoms with Gasteiger partial charge >= 0.3 is 0 Å². The van der Waals surface area contributed by atoms with Gasteiger partial charge in [-0.3, -0.25) is 0 Å². The van der Waals surface area contributed by atoms with Gasteiger partial charge in [-0.05, 0) is 37.9 Å². The Kier molecular flexibility index (Phi) is 5.46. The van der Waals surface area contributed by atoms with E-state index in [-0.39, 0.29) is 0 Å². The fraction of sp³-hybridized carbons (Fsp3) is 0.529. The Hall–Kier alpha value is -1.28. The SMILES string of the molecule is C=CCCCCCC(NC)C1Cc2ccccc2O1. The number of nitrogens with one attached hydrogen (secondary N) is 1. The molecular formula is C17H25NO. The van der Waals surface area contributed by atoms with Crippen molar-refractivity contribution in [1.29, 1.82) is 0 Å². The minimum atomic E-state index is 0.293. The fourth-order valence-corrected chi connectivity index (χ4v) is 2.78. The number of fused-ring (bicyclic) bond motifs is 1. The summed E-state index contributed by atoms with van der Waals surface area (Å²) >= 11 is 0. The molecule has 0 spiro atoms. The first-order chi connectivity index (χ1) is 9.35. The summed E-state index contributed by atoms with van der Waals surface area (Å²) < 4.78 is 6.06. The molecule has 19 heavy (non-hydrogen) atoms. The van der Waals surface area contributed by atoms with E-state index in [1.54, 1.807) is 0 Å². The topological polar surface area (TPSA) is 21.3 Å². The van der Waals surface area contributed by atoms with Crippen molar-refractivity contribution < 1.29 is 4.74 Å². The highest BCUT2D eigenvalue weighted by molar-refractivity contribution is 5.37. The Morgan fingerprint density at radius 3 is 2.95 bits per heavy atom. The lowest BCUT2D eigenvalue weighted by Crippen LogP contribution is -2.40. The standard InChI is InChI=1S/C17H25NO/c1-3-4-5-6-7-11-15(18-2)17-13-14-10-8-9-12-16(14)19-17/h3,8-10,12,15,17-18H,1,4-7,11,13H2,2H3. The number of unbranched alkanes of at least 4 members (excludes halogenated alkanes) is 3. The maximum absolute atomic E-state index is 6.06. The van der Waals surface area contributed by atoms with Gasteiger partial charge in [-0.1, -0.05) is 37.1 Å². The van der Waals surface area contributed by atoms with Crippen LogP contribution in [0.5, 0.6) is 5.75 Å². The summed E-state index contributed by atoms with van der Waals surface area (Å²) in [5.41, 5.74) is 1.35. The molecule has 2 heteroatoms. The van der Waals surface area contributed by atoms with E-state index in [9.17, 15) is 0 Å². The molecule has 0 fully saturated rings. The number of allylic oxidation sites excluding steroid dienone is 1. The minimum absolute atomic E-state index is 0.293. The fourth-order valence-electron chi connectivity index (χ4n) is 2.78. The van der Waals surface area contributed by atoms with E-state index in [1.165, 1.54) is 31.2 Å². The first-order valence-electron chi connectivity index (χ1n) is 7.38. The van der Waals surface area contributed by atoms with Crippen molar-refractivity contribution in [2.24, 2.45) is 0 Å². The van der Waals surface area contributed by atoms with Crippen LogP contribution in [0.1, 0.15) is 37.7 Å². The van der Waals surface area contributed by atoms with Crippen LogP contribution in [-0.2, 0) is 6.42 Å². The van der Waals surface area contributed by atoms with Crippen LogP contribution in [0, 0.1) is 0 Å². The molecule has 2 nitrogen and oxygen atoms in total. The van der Waals surface area contributed by atoms with Crippen LogP contribution in [0.25, 0.3) is 0 Å². The van der Waals surface area contributed by atoms with Crippen LogP contribution < -0.4 is 10.1 Å². The first kappa shape index (κ1) is 14.1. The van der Waals surface area contributed by atoms with Crippen LogP contribution >= 0.6 is 0 Å². The average molecular weight is 259 g/mol. The second kappa shape index (κ2) is 7.34. The monoisotopic (exact) mass is 259 g/mol. The molecule has 0 radical (unpaired) electrons. The molecule has 1 aromatic carbocycles. The number of benzene rings is 1. The number of ether oxygens (including phenoxy) is 1. The Morgan fingerprint density at radius 2 is 2.21 bits per heavy atom. The Labute approximate surface area is 116 Å². The van der Waals surface area contributed by atoms with E-state index in [0.717, 1.165) is 18.6 Å².